The van der Waals surface area contributed by atoms with Gasteiger partial charge in [-0.25, -0.2) is 13.6 Å². The molecule has 0 radical (unpaired) electrons. The maximum atomic E-state index is 14.1. The third-order valence-corrected chi connectivity index (χ3v) is 8.36. The van der Waals surface area contributed by atoms with Gasteiger partial charge in [-0.15, -0.1) is 0 Å². The predicted molar refractivity (Wildman–Crippen MR) is 170 cm³/mol. The summed E-state index contributed by atoms with van der Waals surface area (Å²) in [5, 5.41) is 14.2. The number of rotatable bonds is 13. The zero-order chi connectivity index (χ0) is 37.9. The van der Waals surface area contributed by atoms with E-state index in [1.165, 1.54) is 33.5 Å². The van der Waals surface area contributed by atoms with Gasteiger partial charge in [0.1, 0.15) is 30.5 Å². The molecule has 3 aromatic carbocycles. The molecule has 2 aliphatic heterocycles. The van der Waals surface area contributed by atoms with E-state index in [-0.39, 0.29) is 41.9 Å². The second kappa shape index (κ2) is 15.4. The molecule has 0 aliphatic carbocycles. The van der Waals surface area contributed by atoms with Crippen molar-refractivity contribution in [3.8, 4) is 28.7 Å². The van der Waals surface area contributed by atoms with Crippen molar-refractivity contribution < 1.29 is 70.3 Å². The van der Waals surface area contributed by atoms with Crippen molar-refractivity contribution in [2.75, 3.05) is 32.8 Å². The first-order valence-electron chi connectivity index (χ1n) is 15.5. The molecule has 18 heteroatoms. The van der Waals surface area contributed by atoms with E-state index in [9.17, 15) is 46.6 Å². The van der Waals surface area contributed by atoms with Crippen molar-refractivity contribution in [2.45, 2.75) is 43.8 Å². The van der Waals surface area contributed by atoms with Gasteiger partial charge in [-0.1, -0.05) is 18.2 Å². The lowest BCUT2D eigenvalue weighted by atomic mass is 10.0. The predicted octanol–water partition coefficient (Wildman–Crippen LogP) is 3.24. The number of aliphatic carboxylic acids is 1. The summed E-state index contributed by atoms with van der Waals surface area (Å²) in [5.41, 5.74) is 1.65. The van der Waals surface area contributed by atoms with Crippen LogP contribution in [0.25, 0.3) is 0 Å². The first kappa shape index (κ1) is 37.2. The maximum absolute atomic E-state index is 14.1. The minimum Gasteiger partial charge on any atom is -0.493 e. The van der Waals surface area contributed by atoms with E-state index >= 15 is 0 Å². The number of Topliss-reactive ketones (excluding diaryl/α,β-unsaturated/α-hetero) is 1. The molecular weight excluding hydrogens is 702 g/mol. The Labute approximate surface area is 292 Å². The lowest BCUT2D eigenvalue weighted by Gasteiger charge is -2.28. The van der Waals surface area contributed by atoms with Gasteiger partial charge in [-0.2, -0.15) is 8.78 Å². The number of ketones is 1. The molecule has 52 heavy (non-hydrogen) atoms. The molecule has 2 heterocycles. The fourth-order valence-electron chi connectivity index (χ4n) is 5.98. The van der Waals surface area contributed by atoms with Gasteiger partial charge in [0.05, 0.1) is 33.4 Å². The van der Waals surface area contributed by atoms with Gasteiger partial charge < -0.3 is 39.4 Å². The van der Waals surface area contributed by atoms with Gasteiger partial charge in [-0.05, 0) is 24.0 Å². The van der Waals surface area contributed by atoms with Crippen LogP contribution in [0.4, 0.5) is 28.0 Å². The molecule has 1 unspecified atom stereocenters. The Hall–Kier alpha value is -6.07. The van der Waals surface area contributed by atoms with E-state index < -0.39 is 89.8 Å². The number of halogens is 4. The number of benzene rings is 3. The van der Waals surface area contributed by atoms with E-state index in [1.807, 2.05) is 0 Å². The lowest BCUT2D eigenvalue weighted by molar-refractivity contribution is -0.140. The number of methoxy groups -OCH3 is 3. The third kappa shape index (κ3) is 7.50. The van der Waals surface area contributed by atoms with Crippen molar-refractivity contribution in [3.05, 3.63) is 70.8 Å². The molecule has 3 atom stereocenters. The fourth-order valence-corrected chi connectivity index (χ4v) is 5.98. The number of carbonyl (C=O) groups is 5. The number of nitrogens with one attached hydrogen (secondary N) is 2. The Kier molecular flexibility index (Phi) is 11.0. The van der Waals surface area contributed by atoms with E-state index in [0.29, 0.717) is 23.2 Å². The normalized spacial score (nSPS) is 16.6. The number of nitrogens with zero attached hydrogens (tertiary/aromatic N) is 1. The maximum Gasteiger partial charge on any atom is 0.413 e. The smallest absolute Gasteiger partial charge is 0.413 e. The highest BCUT2D eigenvalue weighted by Crippen LogP contribution is 2.41. The highest BCUT2D eigenvalue weighted by Gasteiger charge is 2.45. The van der Waals surface area contributed by atoms with Gasteiger partial charge in [0, 0.05) is 24.6 Å². The average molecular weight is 734 g/mol. The SMILES string of the molecule is COc1cc(OC(=O)N[C@H]2CCc3cccc4c3N(C2=O)[C@H](C(=O)NC(CC(=O)O)C(=O)COc2c(F)c(F)cc(F)c2F)C4)cc(OC)c1OC. The summed E-state index contributed by atoms with van der Waals surface area (Å²) in [5.74, 6) is -12.9. The van der Waals surface area contributed by atoms with Crippen LogP contribution in [0, 0.1) is 23.3 Å². The quantitative estimate of drug-likeness (QED) is 0.174. The summed E-state index contributed by atoms with van der Waals surface area (Å²) in [6.45, 7) is -1.29. The molecule has 0 saturated carbocycles. The van der Waals surface area contributed by atoms with E-state index in [4.69, 9.17) is 18.9 Å². The molecule has 5 rings (SSSR count). The summed E-state index contributed by atoms with van der Waals surface area (Å²) in [6, 6.07) is 3.36. The van der Waals surface area contributed by atoms with Gasteiger partial charge in [-0.3, -0.25) is 24.1 Å². The molecule has 2 aliphatic rings. The molecule has 3 aromatic rings. The third-order valence-electron chi connectivity index (χ3n) is 8.36. The van der Waals surface area contributed by atoms with Crippen LogP contribution >= 0.6 is 0 Å². The average Bonchev–Trinajstić information content (AvgIpc) is 3.45. The van der Waals surface area contributed by atoms with Gasteiger partial charge in [0.15, 0.2) is 34.7 Å². The van der Waals surface area contributed by atoms with Crippen molar-refractivity contribution in [3.63, 3.8) is 0 Å². The first-order chi connectivity index (χ1) is 24.8. The van der Waals surface area contributed by atoms with Gasteiger partial charge >= 0.3 is 12.1 Å². The summed E-state index contributed by atoms with van der Waals surface area (Å²) in [4.78, 5) is 66.6. The van der Waals surface area contributed by atoms with Crippen LogP contribution in [0.2, 0.25) is 0 Å². The standard InChI is InChI=1S/C34H31F4N3O11/c1-48-24-10-17(11-25(49-2)30(24)50-3)52-34(47)40-20-8-7-15-5-4-6-16-9-22(41(29(15)16)33(20)46)32(45)39-21(13-26(43)44)23(42)14-51-31-27(37)18(35)12-19(36)28(31)38/h4-6,10-12,20-22H,7-9,13-14H2,1-3H3,(H,39,45)(H,40,47)(H,43,44)/t20-,21?,22-/m0/s1. The summed E-state index contributed by atoms with van der Waals surface area (Å²) < 4.78 is 81.3. The minimum absolute atomic E-state index is 0.0109. The summed E-state index contributed by atoms with van der Waals surface area (Å²) in [7, 11) is 4.12. The highest BCUT2D eigenvalue weighted by atomic mass is 19.2. The van der Waals surface area contributed by atoms with Crippen LogP contribution in [0.5, 0.6) is 28.7 Å². The molecule has 14 nitrogen and oxygen atoms in total. The molecule has 3 amide bonds. The first-order valence-corrected chi connectivity index (χ1v) is 15.5. The van der Waals surface area contributed by atoms with E-state index in [0.717, 1.165) is 4.90 Å². The van der Waals surface area contributed by atoms with Crippen LogP contribution in [0.3, 0.4) is 0 Å². The largest absolute Gasteiger partial charge is 0.493 e. The molecule has 3 N–H and O–H groups in total. The van der Waals surface area contributed by atoms with Crippen molar-refractivity contribution >= 4 is 35.3 Å². The Bertz CT molecular complexity index is 1890. The second-order valence-corrected chi connectivity index (χ2v) is 11.6. The number of carboxylic acids is 1. The lowest BCUT2D eigenvalue weighted by Crippen LogP contribution is -2.57. The van der Waals surface area contributed by atoms with Gasteiger partial charge in [0.2, 0.25) is 29.2 Å². The number of amides is 3. The van der Waals surface area contributed by atoms with Crippen LogP contribution in [-0.2, 0) is 32.0 Å². The van der Waals surface area contributed by atoms with Crippen LogP contribution in [0.1, 0.15) is 24.0 Å². The van der Waals surface area contributed by atoms with Crippen LogP contribution in [-0.4, -0.2) is 80.8 Å². The molecular formula is C34H31F4N3O11. The van der Waals surface area contributed by atoms with E-state index in [2.05, 4.69) is 15.4 Å². The number of carbonyl (C=O) groups excluding carboxylic acids is 4. The summed E-state index contributed by atoms with van der Waals surface area (Å²) in [6.07, 6.45) is -1.73. The number of anilines is 1. The van der Waals surface area contributed by atoms with Crippen molar-refractivity contribution in [1.82, 2.24) is 10.6 Å². The highest BCUT2D eigenvalue weighted by molar-refractivity contribution is 6.08. The van der Waals surface area contributed by atoms with Crippen LogP contribution in [0.15, 0.2) is 36.4 Å². The van der Waals surface area contributed by atoms with Gasteiger partial charge in [0.25, 0.3) is 0 Å². The van der Waals surface area contributed by atoms with Crippen LogP contribution < -0.4 is 39.2 Å². The van der Waals surface area contributed by atoms with Crippen molar-refractivity contribution in [1.29, 1.82) is 0 Å². The van der Waals surface area contributed by atoms with Crippen molar-refractivity contribution in [2.24, 2.45) is 0 Å². The molecule has 276 valence electrons. The fraction of sp³-hybridized carbons (Fsp3) is 0.324. The summed E-state index contributed by atoms with van der Waals surface area (Å²) >= 11 is 0. The topological polar surface area (TPSA) is 179 Å². The number of carboxylic acid groups (broad SMARTS) is 1. The molecule has 0 aromatic heterocycles. The molecule has 0 bridgehead atoms. The minimum atomic E-state index is -1.93. The molecule has 0 spiro atoms. The molecule has 0 saturated heterocycles. The number of hydrogen-bond donors (Lipinski definition) is 3. The molecule has 0 fully saturated rings. The number of para-hydroxylation sites is 1. The Morgan fingerprint density at radius 1 is 0.923 bits per heavy atom. The number of aryl methyl sites for hydroxylation is 1. The monoisotopic (exact) mass is 733 g/mol. The zero-order valence-electron chi connectivity index (χ0n) is 27.7. The Morgan fingerprint density at radius 3 is 2.15 bits per heavy atom. The number of ether oxygens (including phenoxy) is 5. The Balaban J connectivity index is 1.34. The van der Waals surface area contributed by atoms with E-state index in [1.54, 1.807) is 18.2 Å². The second-order valence-electron chi connectivity index (χ2n) is 11.6. The number of hydrogen-bond acceptors (Lipinski definition) is 10. The Morgan fingerprint density at radius 2 is 1.56 bits per heavy atom. The zero-order valence-corrected chi connectivity index (χ0v) is 27.7.